The lowest BCUT2D eigenvalue weighted by Gasteiger charge is -2.37. The maximum atomic E-state index is 4.70. The Labute approximate surface area is 122 Å². The summed E-state index contributed by atoms with van der Waals surface area (Å²) >= 11 is 3.76. The van der Waals surface area contributed by atoms with Crippen LogP contribution < -0.4 is 5.32 Å². The molecule has 19 heavy (non-hydrogen) atoms. The molecule has 2 aromatic rings. The molecule has 1 aliphatic heterocycles. The number of imidazole rings is 1. The van der Waals surface area contributed by atoms with Crippen molar-refractivity contribution in [1.29, 1.82) is 0 Å². The minimum absolute atomic E-state index is 0.474. The van der Waals surface area contributed by atoms with E-state index in [-0.39, 0.29) is 0 Å². The lowest BCUT2D eigenvalue weighted by atomic mass is 10.0. The van der Waals surface area contributed by atoms with Gasteiger partial charge in [-0.1, -0.05) is 0 Å². The van der Waals surface area contributed by atoms with Gasteiger partial charge in [0.25, 0.3) is 0 Å². The summed E-state index contributed by atoms with van der Waals surface area (Å²) in [7, 11) is 4.30. The van der Waals surface area contributed by atoms with E-state index in [4.69, 9.17) is 4.98 Å². The van der Waals surface area contributed by atoms with E-state index in [0.717, 1.165) is 11.4 Å². The van der Waals surface area contributed by atoms with E-state index in [1.807, 2.05) is 0 Å². The summed E-state index contributed by atoms with van der Waals surface area (Å²) in [6.07, 6.45) is 5.24. The standard InChI is InChI=1S/C13H20N4S2/c1-14-11(12-9-18-5-3-16(12)2)7-10-8-17-4-6-19-13(17)15-10/h4,6,8,11-12,14H,3,5,7,9H2,1-2H3. The van der Waals surface area contributed by atoms with E-state index in [1.54, 1.807) is 11.3 Å². The number of hydrogen-bond donors (Lipinski definition) is 1. The Morgan fingerprint density at radius 3 is 3.21 bits per heavy atom. The topological polar surface area (TPSA) is 32.6 Å². The fourth-order valence-corrected chi connectivity index (χ4v) is 4.69. The monoisotopic (exact) mass is 296 g/mol. The SMILES string of the molecule is CNC(Cc1cn2ccsc2n1)C1CSCCN1C. The molecule has 2 unspecified atom stereocenters. The lowest BCUT2D eigenvalue weighted by Crippen LogP contribution is -2.52. The van der Waals surface area contributed by atoms with Crippen LogP contribution in [0.1, 0.15) is 5.69 Å². The molecule has 0 aliphatic carbocycles. The fraction of sp³-hybridized carbons (Fsp3) is 0.615. The molecule has 4 nitrogen and oxygen atoms in total. The van der Waals surface area contributed by atoms with E-state index >= 15 is 0 Å². The van der Waals surface area contributed by atoms with Crippen LogP contribution in [0.4, 0.5) is 0 Å². The Bertz CT molecular complexity index is 507. The van der Waals surface area contributed by atoms with Crippen molar-refractivity contribution in [1.82, 2.24) is 19.6 Å². The van der Waals surface area contributed by atoms with Gasteiger partial charge >= 0.3 is 0 Å². The summed E-state index contributed by atoms with van der Waals surface area (Å²) in [5.41, 5.74) is 1.19. The highest BCUT2D eigenvalue weighted by Crippen LogP contribution is 2.20. The number of aromatic nitrogens is 2. The van der Waals surface area contributed by atoms with Gasteiger partial charge in [0.05, 0.1) is 5.69 Å². The van der Waals surface area contributed by atoms with Crippen LogP contribution in [0.3, 0.4) is 0 Å². The first-order chi connectivity index (χ1) is 9.28. The summed E-state index contributed by atoms with van der Waals surface area (Å²) in [6, 6.07) is 1.07. The highest BCUT2D eigenvalue weighted by molar-refractivity contribution is 7.99. The molecule has 0 aromatic carbocycles. The van der Waals surface area contributed by atoms with E-state index in [2.05, 4.69) is 58.2 Å². The number of thiazole rings is 1. The van der Waals surface area contributed by atoms with E-state index in [0.29, 0.717) is 12.1 Å². The first-order valence-corrected chi connectivity index (χ1v) is 8.67. The summed E-state index contributed by atoms with van der Waals surface area (Å²) < 4.78 is 2.12. The van der Waals surface area contributed by atoms with Gasteiger partial charge in [-0.05, 0) is 14.1 Å². The summed E-state index contributed by atoms with van der Waals surface area (Å²) in [5.74, 6) is 2.47. The van der Waals surface area contributed by atoms with Gasteiger partial charge in [0.2, 0.25) is 0 Å². The van der Waals surface area contributed by atoms with Crippen LogP contribution in [-0.2, 0) is 6.42 Å². The first-order valence-electron chi connectivity index (χ1n) is 6.64. The predicted molar refractivity (Wildman–Crippen MR) is 83.4 cm³/mol. The van der Waals surface area contributed by atoms with Crippen LogP contribution in [0.2, 0.25) is 0 Å². The van der Waals surface area contributed by atoms with Gasteiger partial charge in [0.1, 0.15) is 0 Å². The third-order valence-corrected chi connectivity index (χ3v) is 5.67. The molecule has 104 valence electrons. The maximum absolute atomic E-state index is 4.70. The number of nitrogens with zero attached hydrogens (tertiary/aromatic N) is 3. The second-order valence-electron chi connectivity index (χ2n) is 5.05. The summed E-state index contributed by atoms with van der Waals surface area (Å²) in [4.78, 5) is 8.27. The second kappa shape index (κ2) is 5.83. The summed E-state index contributed by atoms with van der Waals surface area (Å²) in [6.45, 7) is 1.19. The highest BCUT2D eigenvalue weighted by Gasteiger charge is 2.27. The van der Waals surface area contributed by atoms with Crippen molar-refractivity contribution in [2.75, 3.05) is 32.1 Å². The molecule has 0 amide bonds. The summed E-state index contributed by atoms with van der Waals surface area (Å²) in [5, 5.41) is 5.56. The molecule has 3 rings (SSSR count). The van der Waals surface area contributed by atoms with Crippen molar-refractivity contribution in [2.24, 2.45) is 0 Å². The largest absolute Gasteiger partial charge is 0.315 e. The van der Waals surface area contributed by atoms with Crippen molar-refractivity contribution in [3.63, 3.8) is 0 Å². The van der Waals surface area contributed by atoms with Gasteiger partial charge < -0.3 is 10.2 Å². The average molecular weight is 296 g/mol. The molecule has 6 heteroatoms. The van der Waals surface area contributed by atoms with E-state index in [1.165, 1.54) is 23.7 Å². The number of nitrogens with one attached hydrogen (secondary N) is 1. The predicted octanol–water partition coefficient (Wildman–Crippen LogP) is 1.57. The Morgan fingerprint density at radius 1 is 1.58 bits per heavy atom. The maximum Gasteiger partial charge on any atom is 0.193 e. The van der Waals surface area contributed by atoms with Crippen molar-refractivity contribution in [3.05, 3.63) is 23.5 Å². The molecule has 1 saturated heterocycles. The molecule has 0 bridgehead atoms. The molecule has 2 atom stereocenters. The van der Waals surface area contributed by atoms with Crippen molar-refractivity contribution < 1.29 is 0 Å². The van der Waals surface area contributed by atoms with E-state index < -0.39 is 0 Å². The number of fused-ring (bicyclic) bond motifs is 1. The molecule has 1 fully saturated rings. The normalized spacial score (nSPS) is 22.9. The fourth-order valence-electron chi connectivity index (χ4n) is 2.66. The Hall–Kier alpha value is -0.560. The minimum Gasteiger partial charge on any atom is -0.315 e. The van der Waals surface area contributed by atoms with Crippen LogP contribution in [0.25, 0.3) is 4.96 Å². The van der Waals surface area contributed by atoms with Gasteiger partial charge in [-0.2, -0.15) is 11.8 Å². The van der Waals surface area contributed by atoms with Crippen LogP contribution in [0.5, 0.6) is 0 Å². The lowest BCUT2D eigenvalue weighted by molar-refractivity contribution is 0.218. The van der Waals surface area contributed by atoms with E-state index in [9.17, 15) is 0 Å². The third-order valence-electron chi connectivity index (χ3n) is 3.85. The van der Waals surface area contributed by atoms with Crippen molar-refractivity contribution in [2.45, 2.75) is 18.5 Å². The Morgan fingerprint density at radius 2 is 2.47 bits per heavy atom. The molecule has 0 saturated carbocycles. The quantitative estimate of drug-likeness (QED) is 0.928. The van der Waals surface area contributed by atoms with Crippen LogP contribution in [0.15, 0.2) is 17.8 Å². The van der Waals surface area contributed by atoms with Gasteiger partial charge in [-0.25, -0.2) is 4.98 Å². The first kappa shape index (κ1) is 13.4. The molecular weight excluding hydrogens is 276 g/mol. The zero-order valence-electron chi connectivity index (χ0n) is 11.4. The van der Waals surface area contributed by atoms with Crippen LogP contribution >= 0.6 is 23.1 Å². The Kier molecular flexibility index (Phi) is 4.12. The molecule has 2 aromatic heterocycles. The molecule has 1 aliphatic rings. The van der Waals surface area contributed by atoms with Crippen LogP contribution in [-0.4, -0.2) is 58.5 Å². The van der Waals surface area contributed by atoms with Gasteiger partial charge in [0.15, 0.2) is 4.96 Å². The molecule has 0 spiro atoms. The van der Waals surface area contributed by atoms with Gasteiger partial charge in [-0.3, -0.25) is 4.40 Å². The van der Waals surface area contributed by atoms with Gasteiger partial charge in [0, 0.05) is 54.3 Å². The molecule has 3 heterocycles. The van der Waals surface area contributed by atoms with Crippen molar-refractivity contribution >= 4 is 28.1 Å². The smallest absolute Gasteiger partial charge is 0.193 e. The highest BCUT2D eigenvalue weighted by atomic mass is 32.2. The number of likely N-dealkylation sites (N-methyl/N-ethyl adjacent to an activating group) is 2. The second-order valence-corrected chi connectivity index (χ2v) is 7.07. The number of hydrogen-bond acceptors (Lipinski definition) is 5. The Balaban J connectivity index is 1.73. The van der Waals surface area contributed by atoms with Crippen molar-refractivity contribution in [3.8, 4) is 0 Å². The average Bonchev–Trinajstić information content (AvgIpc) is 2.97. The zero-order chi connectivity index (χ0) is 13.2. The molecule has 0 radical (unpaired) electrons. The number of thioether (sulfide) groups is 1. The van der Waals surface area contributed by atoms with Crippen LogP contribution in [0, 0.1) is 0 Å². The van der Waals surface area contributed by atoms with Gasteiger partial charge in [-0.15, -0.1) is 11.3 Å². The minimum atomic E-state index is 0.474. The molecule has 1 N–H and O–H groups in total. The number of rotatable bonds is 4. The zero-order valence-corrected chi connectivity index (χ0v) is 13.0. The molecular formula is C13H20N4S2. The third kappa shape index (κ3) is 2.81.